The molecule has 4 rings (SSSR count). The van der Waals surface area contributed by atoms with Crippen molar-refractivity contribution >= 4 is 11.8 Å². The summed E-state index contributed by atoms with van der Waals surface area (Å²) in [6.45, 7) is 1.41. The van der Waals surface area contributed by atoms with Gasteiger partial charge in [0.25, 0.3) is 5.91 Å². The van der Waals surface area contributed by atoms with Gasteiger partial charge in [0.1, 0.15) is 0 Å². The van der Waals surface area contributed by atoms with E-state index in [9.17, 15) is 9.59 Å². The van der Waals surface area contributed by atoms with Crippen LogP contribution in [0.15, 0.2) is 30.5 Å². The molecule has 1 saturated heterocycles. The van der Waals surface area contributed by atoms with Crippen molar-refractivity contribution in [3.05, 3.63) is 41.7 Å². The number of nitrogens with one attached hydrogen (secondary N) is 2. The molecule has 2 aliphatic rings. The van der Waals surface area contributed by atoms with Crippen LogP contribution in [-0.2, 0) is 4.79 Å². The standard InChI is InChI=1S/C16H16N4O4/c21-15(20-7-11(8-20)12-3-4-18-19-12)6-17-16(22)10-1-2-13-14(5-10)24-9-23-13/h1-5,11H,6-9H2,(H,17,22)(H,18,19). The van der Waals surface area contributed by atoms with Gasteiger partial charge in [-0.25, -0.2) is 0 Å². The molecular formula is C16H16N4O4. The van der Waals surface area contributed by atoms with Crippen molar-refractivity contribution in [1.82, 2.24) is 20.4 Å². The Hall–Kier alpha value is -3.03. The lowest BCUT2D eigenvalue weighted by Gasteiger charge is -2.38. The number of carbonyl (C=O) groups is 2. The molecule has 0 aliphatic carbocycles. The number of benzene rings is 1. The van der Waals surface area contributed by atoms with E-state index in [2.05, 4.69) is 15.5 Å². The van der Waals surface area contributed by atoms with Gasteiger partial charge in [0.15, 0.2) is 11.5 Å². The fraction of sp³-hybridized carbons (Fsp3) is 0.312. The molecule has 1 aromatic carbocycles. The molecule has 2 amide bonds. The average Bonchev–Trinajstić information content (AvgIpc) is 3.21. The first-order valence-electron chi connectivity index (χ1n) is 7.65. The monoisotopic (exact) mass is 328 g/mol. The summed E-state index contributed by atoms with van der Waals surface area (Å²) in [6.07, 6.45) is 1.70. The maximum Gasteiger partial charge on any atom is 0.251 e. The van der Waals surface area contributed by atoms with Crippen molar-refractivity contribution in [2.24, 2.45) is 0 Å². The van der Waals surface area contributed by atoms with Crippen molar-refractivity contribution in [2.75, 3.05) is 26.4 Å². The van der Waals surface area contributed by atoms with Crippen LogP contribution in [-0.4, -0.2) is 53.3 Å². The number of fused-ring (bicyclic) bond motifs is 1. The summed E-state index contributed by atoms with van der Waals surface area (Å²) in [4.78, 5) is 26.0. The van der Waals surface area contributed by atoms with E-state index in [1.165, 1.54) is 0 Å². The van der Waals surface area contributed by atoms with Crippen LogP contribution in [0.5, 0.6) is 11.5 Å². The van der Waals surface area contributed by atoms with Crippen LogP contribution in [0.4, 0.5) is 0 Å². The summed E-state index contributed by atoms with van der Waals surface area (Å²) in [6, 6.07) is 6.85. The molecule has 1 fully saturated rings. The number of hydrogen-bond donors (Lipinski definition) is 2. The smallest absolute Gasteiger partial charge is 0.251 e. The summed E-state index contributed by atoms with van der Waals surface area (Å²) < 4.78 is 10.4. The minimum absolute atomic E-state index is 0.0248. The highest BCUT2D eigenvalue weighted by Gasteiger charge is 2.32. The quantitative estimate of drug-likeness (QED) is 0.852. The first kappa shape index (κ1) is 14.6. The summed E-state index contributed by atoms with van der Waals surface area (Å²) in [5.74, 6) is 1.04. The third kappa shape index (κ3) is 2.66. The van der Waals surface area contributed by atoms with Gasteiger partial charge in [-0.1, -0.05) is 0 Å². The van der Waals surface area contributed by atoms with E-state index in [0.717, 1.165) is 5.69 Å². The lowest BCUT2D eigenvalue weighted by Crippen LogP contribution is -2.51. The van der Waals surface area contributed by atoms with Gasteiger partial charge in [-0.2, -0.15) is 5.10 Å². The van der Waals surface area contributed by atoms with Crippen LogP contribution < -0.4 is 14.8 Å². The maximum atomic E-state index is 12.1. The van der Waals surface area contributed by atoms with E-state index >= 15 is 0 Å². The molecule has 2 aliphatic heterocycles. The molecule has 0 bridgehead atoms. The Bertz CT molecular complexity index is 768. The third-order valence-corrected chi connectivity index (χ3v) is 4.23. The van der Waals surface area contributed by atoms with Gasteiger partial charge in [0.2, 0.25) is 12.7 Å². The Morgan fingerprint density at radius 3 is 2.88 bits per heavy atom. The molecule has 0 radical (unpaired) electrons. The third-order valence-electron chi connectivity index (χ3n) is 4.23. The zero-order chi connectivity index (χ0) is 16.5. The van der Waals surface area contributed by atoms with Gasteiger partial charge in [-0.3, -0.25) is 14.7 Å². The molecule has 0 saturated carbocycles. The highest BCUT2D eigenvalue weighted by molar-refractivity contribution is 5.97. The van der Waals surface area contributed by atoms with Crippen LogP contribution in [0.1, 0.15) is 22.0 Å². The molecule has 2 aromatic rings. The van der Waals surface area contributed by atoms with Gasteiger partial charge in [0, 0.05) is 36.5 Å². The van der Waals surface area contributed by atoms with Crippen molar-refractivity contribution in [3.8, 4) is 11.5 Å². The summed E-state index contributed by atoms with van der Waals surface area (Å²) in [5, 5.41) is 9.46. The molecule has 124 valence electrons. The Kier molecular flexibility index (Phi) is 3.56. The fourth-order valence-electron chi connectivity index (χ4n) is 2.78. The number of H-pyrrole nitrogens is 1. The summed E-state index contributed by atoms with van der Waals surface area (Å²) >= 11 is 0. The van der Waals surface area contributed by atoms with Gasteiger partial charge in [-0.05, 0) is 24.3 Å². The lowest BCUT2D eigenvalue weighted by molar-refractivity contribution is -0.134. The zero-order valence-electron chi connectivity index (χ0n) is 12.8. The second-order valence-corrected chi connectivity index (χ2v) is 5.76. The number of aromatic amines is 1. The molecule has 0 spiro atoms. The Labute approximate surface area is 137 Å². The van der Waals surface area contributed by atoms with E-state index in [-0.39, 0.29) is 25.2 Å². The summed E-state index contributed by atoms with van der Waals surface area (Å²) in [5.41, 5.74) is 1.47. The number of aromatic nitrogens is 2. The van der Waals surface area contributed by atoms with E-state index in [0.29, 0.717) is 36.1 Å². The largest absolute Gasteiger partial charge is 0.454 e. The number of nitrogens with zero attached hydrogens (tertiary/aromatic N) is 2. The normalized spacial score (nSPS) is 15.9. The predicted octanol–water partition coefficient (Wildman–Crippen LogP) is 0.494. The number of amides is 2. The fourth-order valence-corrected chi connectivity index (χ4v) is 2.78. The highest BCUT2D eigenvalue weighted by Crippen LogP contribution is 2.32. The molecule has 3 heterocycles. The number of carbonyl (C=O) groups excluding carboxylic acids is 2. The molecule has 8 nitrogen and oxygen atoms in total. The van der Waals surface area contributed by atoms with Crippen molar-refractivity contribution in [2.45, 2.75) is 5.92 Å². The van der Waals surface area contributed by atoms with Crippen molar-refractivity contribution in [1.29, 1.82) is 0 Å². The van der Waals surface area contributed by atoms with Crippen LogP contribution in [0, 0.1) is 0 Å². The number of hydrogen-bond acceptors (Lipinski definition) is 5. The predicted molar refractivity (Wildman–Crippen MR) is 82.8 cm³/mol. The number of ether oxygens (including phenoxy) is 2. The summed E-state index contributed by atoms with van der Waals surface area (Å²) in [7, 11) is 0. The van der Waals surface area contributed by atoms with Gasteiger partial charge in [-0.15, -0.1) is 0 Å². The first-order chi connectivity index (χ1) is 11.7. The van der Waals surface area contributed by atoms with Gasteiger partial charge < -0.3 is 19.7 Å². The highest BCUT2D eigenvalue weighted by atomic mass is 16.7. The molecule has 8 heteroatoms. The van der Waals surface area contributed by atoms with Crippen LogP contribution in [0.25, 0.3) is 0 Å². The zero-order valence-corrected chi connectivity index (χ0v) is 12.8. The van der Waals surface area contributed by atoms with E-state index in [4.69, 9.17) is 9.47 Å². The SMILES string of the molecule is O=C(NCC(=O)N1CC(c2ccn[nH]2)C1)c1ccc2c(c1)OCO2. The number of likely N-dealkylation sites (tertiary alicyclic amines) is 1. The Morgan fingerprint density at radius 1 is 1.25 bits per heavy atom. The second-order valence-electron chi connectivity index (χ2n) is 5.76. The lowest BCUT2D eigenvalue weighted by atomic mass is 9.96. The Balaban J connectivity index is 1.28. The van der Waals surface area contributed by atoms with Gasteiger partial charge in [0.05, 0.1) is 6.54 Å². The molecule has 2 N–H and O–H groups in total. The number of rotatable bonds is 4. The van der Waals surface area contributed by atoms with Crippen LogP contribution >= 0.6 is 0 Å². The molecule has 0 unspecified atom stereocenters. The van der Waals surface area contributed by atoms with E-state index < -0.39 is 0 Å². The average molecular weight is 328 g/mol. The minimum atomic E-state index is -0.313. The minimum Gasteiger partial charge on any atom is -0.454 e. The molecule has 1 aromatic heterocycles. The Morgan fingerprint density at radius 2 is 2.08 bits per heavy atom. The van der Waals surface area contributed by atoms with E-state index in [1.807, 2.05) is 6.07 Å². The molecular weight excluding hydrogens is 312 g/mol. The second kappa shape index (κ2) is 5.88. The topological polar surface area (TPSA) is 96.6 Å². The van der Waals surface area contributed by atoms with Crippen molar-refractivity contribution < 1.29 is 19.1 Å². The van der Waals surface area contributed by atoms with Gasteiger partial charge >= 0.3 is 0 Å². The maximum absolute atomic E-state index is 12.1. The van der Waals surface area contributed by atoms with Crippen molar-refractivity contribution in [3.63, 3.8) is 0 Å². The molecule has 0 atom stereocenters. The first-order valence-corrected chi connectivity index (χ1v) is 7.65. The van der Waals surface area contributed by atoms with E-state index in [1.54, 1.807) is 29.3 Å². The van der Waals surface area contributed by atoms with Crippen LogP contribution in [0.3, 0.4) is 0 Å². The van der Waals surface area contributed by atoms with Crippen LogP contribution in [0.2, 0.25) is 0 Å². The molecule has 24 heavy (non-hydrogen) atoms.